The van der Waals surface area contributed by atoms with Crippen LogP contribution in [-0.4, -0.2) is 16.1 Å². The number of oxazole rings is 1. The number of aromatic carboxylic acids is 1. The number of carboxylic acid groups (broad SMARTS) is 1. The van der Waals surface area contributed by atoms with Crippen LogP contribution < -0.4 is 0 Å². The van der Waals surface area contributed by atoms with Crippen LogP contribution in [0.1, 0.15) is 22.0 Å². The van der Waals surface area contributed by atoms with E-state index < -0.39 is 29.5 Å². The Morgan fingerprint density at radius 1 is 1.44 bits per heavy atom. The molecule has 0 radical (unpaired) electrons. The number of furan rings is 1. The quantitative estimate of drug-likeness (QED) is 0.899. The summed E-state index contributed by atoms with van der Waals surface area (Å²) in [6.45, 7) is 1.49. The maximum Gasteiger partial charge on any atom is 0.437 e. The molecule has 96 valence electrons. The molecule has 0 bridgehead atoms. The van der Waals surface area contributed by atoms with Gasteiger partial charge in [0, 0.05) is 0 Å². The molecule has 0 spiro atoms. The first-order valence-corrected chi connectivity index (χ1v) is 4.66. The first-order valence-electron chi connectivity index (χ1n) is 4.66. The topological polar surface area (TPSA) is 76.5 Å². The standard InChI is InChI=1S/C10H6F3NO4/c1-4-5(2-3-17-4)8-14-7(10(11,12)13)6(18-8)9(15)16/h2-3H,1H3,(H,15,16). The largest absolute Gasteiger partial charge is 0.475 e. The van der Waals surface area contributed by atoms with Crippen LogP contribution >= 0.6 is 0 Å². The van der Waals surface area contributed by atoms with E-state index in [0.29, 0.717) is 0 Å². The highest BCUT2D eigenvalue weighted by Crippen LogP contribution is 2.35. The highest BCUT2D eigenvalue weighted by atomic mass is 19.4. The van der Waals surface area contributed by atoms with Gasteiger partial charge < -0.3 is 13.9 Å². The summed E-state index contributed by atoms with van der Waals surface area (Å²) in [5, 5.41) is 8.65. The van der Waals surface area contributed by atoms with Crippen LogP contribution in [0, 0.1) is 6.92 Å². The summed E-state index contributed by atoms with van der Waals surface area (Å²) in [4.78, 5) is 13.9. The van der Waals surface area contributed by atoms with Crippen molar-refractivity contribution in [1.82, 2.24) is 4.98 Å². The summed E-state index contributed by atoms with van der Waals surface area (Å²) in [5.41, 5.74) is -1.39. The molecule has 0 amide bonds. The molecular formula is C10H6F3NO4. The monoisotopic (exact) mass is 261 g/mol. The Morgan fingerprint density at radius 3 is 2.50 bits per heavy atom. The maximum atomic E-state index is 12.6. The Bertz CT molecular complexity index is 597. The summed E-state index contributed by atoms with van der Waals surface area (Å²) in [7, 11) is 0. The highest BCUT2D eigenvalue weighted by molar-refractivity contribution is 5.86. The van der Waals surface area contributed by atoms with Gasteiger partial charge in [-0.1, -0.05) is 0 Å². The van der Waals surface area contributed by atoms with Gasteiger partial charge >= 0.3 is 12.1 Å². The lowest BCUT2D eigenvalue weighted by atomic mass is 10.2. The Kier molecular flexibility index (Phi) is 2.64. The van der Waals surface area contributed by atoms with Crippen LogP contribution in [0.25, 0.3) is 11.5 Å². The van der Waals surface area contributed by atoms with Crippen molar-refractivity contribution in [3.8, 4) is 11.5 Å². The molecule has 8 heteroatoms. The third-order valence-electron chi connectivity index (χ3n) is 2.18. The molecule has 2 aromatic rings. The zero-order valence-corrected chi connectivity index (χ0v) is 8.91. The molecule has 0 aromatic carbocycles. The zero-order valence-electron chi connectivity index (χ0n) is 8.91. The average Bonchev–Trinajstić information content (AvgIpc) is 2.81. The number of carboxylic acids is 1. The minimum Gasteiger partial charge on any atom is -0.475 e. The number of carbonyl (C=O) groups is 1. The number of alkyl halides is 3. The Balaban J connectivity index is 2.60. The molecule has 0 saturated heterocycles. The van der Waals surface area contributed by atoms with E-state index in [1.807, 2.05) is 0 Å². The van der Waals surface area contributed by atoms with Gasteiger partial charge in [0.05, 0.1) is 11.8 Å². The van der Waals surface area contributed by atoms with E-state index in [4.69, 9.17) is 9.52 Å². The van der Waals surface area contributed by atoms with E-state index in [0.717, 1.165) is 0 Å². The number of aromatic nitrogens is 1. The van der Waals surface area contributed by atoms with Gasteiger partial charge in [0.15, 0.2) is 5.69 Å². The van der Waals surface area contributed by atoms with Crippen molar-refractivity contribution in [2.24, 2.45) is 0 Å². The Hall–Kier alpha value is -2.25. The second kappa shape index (κ2) is 3.90. The fraction of sp³-hybridized carbons (Fsp3) is 0.200. The molecule has 0 unspecified atom stereocenters. The third-order valence-corrected chi connectivity index (χ3v) is 2.18. The molecule has 0 fully saturated rings. The van der Waals surface area contributed by atoms with Crippen molar-refractivity contribution in [1.29, 1.82) is 0 Å². The molecule has 2 heterocycles. The second-order valence-corrected chi connectivity index (χ2v) is 3.39. The van der Waals surface area contributed by atoms with E-state index in [1.54, 1.807) is 0 Å². The zero-order chi connectivity index (χ0) is 13.5. The predicted octanol–water partition coefficient (Wildman–Crippen LogP) is 2.96. The van der Waals surface area contributed by atoms with Crippen LogP contribution in [0.3, 0.4) is 0 Å². The summed E-state index contributed by atoms with van der Waals surface area (Å²) >= 11 is 0. The van der Waals surface area contributed by atoms with E-state index in [1.165, 1.54) is 19.3 Å². The number of rotatable bonds is 2. The van der Waals surface area contributed by atoms with Crippen LogP contribution in [0.4, 0.5) is 13.2 Å². The van der Waals surface area contributed by atoms with Crippen molar-refractivity contribution in [3.05, 3.63) is 29.5 Å². The lowest BCUT2D eigenvalue weighted by Gasteiger charge is -2.00. The maximum absolute atomic E-state index is 12.6. The minimum atomic E-state index is -4.90. The Labute approximate surface area is 97.8 Å². The van der Waals surface area contributed by atoms with Crippen LogP contribution in [0.15, 0.2) is 21.2 Å². The van der Waals surface area contributed by atoms with E-state index in [-0.39, 0.29) is 11.3 Å². The number of hydrogen-bond acceptors (Lipinski definition) is 4. The molecule has 1 N–H and O–H groups in total. The molecule has 0 atom stereocenters. The summed E-state index contributed by atoms with van der Waals surface area (Å²) < 4.78 is 47.2. The molecular weight excluding hydrogens is 255 g/mol. The second-order valence-electron chi connectivity index (χ2n) is 3.39. The van der Waals surface area contributed by atoms with Crippen LogP contribution in [-0.2, 0) is 6.18 Å². The molecule has 0 aliphatic heterocycles. The van der Waals surface area contributed by atoms with Gasteiger partial charge in [-0.3, -0.25) is 0 Å². The molecule has 0 aliphatic rings. The number of hydrogen-bond donors (Lipinski definition) is 1. The van der Waals surface area contributed by atoms with Crippen molar-refractivity contribution in [2.45, 2.75) is 13.1 Å². The smallest absolute Gasteiger partial charge is 0.437 e. The van der Waals surface area contributed by atoms with Gasteiger partial charge in [-0.05, 0) is 13.0 Å². The van der Waals surface area contributed by atoms with Gasteiger partial charge in [0.2, 0.25) is 11.7 Å². The summed E-state index contributed by atoms with van der Waals surface area (Å²) in [6, 6.07) is 1.34. The SMILES string of the molecule is Cc1occc1-c1nc(C(F)(F)F)c(C(=O)O)o1. The molecule has 2 aromatic heterocycles. The van der Waals surface area contributed by atoms with Crippen molar-refractivity contribution in [3.63, 3.8) is 0 Å². The summed E-state index contributed by atoms with van der Waals surface area (Å²) in [5.74, 6) is -3.23. The van der Waals surface area contributed by atoms with Crippen molar-refractivity contribution >= 4 is 5.97 Å². The van der Waals surface area contributed by atoms with Crippen molar-refractivity contribution in [2.75, 3.05) is 0 Å². The van der Waals surface area contributed by atoms with E-state index in [2.05, 4.69) is 9.40 Å². The lowest BCUT2D eigenvalue weighted by Crippen LogP contribution is -2.11. The fourth-order valence-electron chi connectivity index (χ4n) is 1.38. The van der Waals surface area contributed by atoms with Crippen molar-refractivity contribution < 1.29 is 31.9 Å². The van der Waals surface area contributed by atoms with Crippen LogP contribution in [0.2, 0.25) is 0 Å². The van der Waals surface area contributed by atoms with Gasteiger partial charge in [-0.2, -0.15) is 13.2 Å². The number of aryl methyl sites for hydroxylation is 1. The average molecular weight is 261 g/mol. The van der Waals surface area contributed by atoms with E-state index >= 15 is 0 Å². The Morgan fingerprint density at radius 2 is 2.11 bits per heavy atom. The minimum absolute atomic E-state index is 0.174. The molecule has 5 nitrogen and oxygen atoms in total. The predicted molar refractivity (Wildman–Crippen MR) is 50.9 cm³/mol. The lowest BCUT2D eigenvalue weighted by molar-refractivity contribution is -0.141. The normalized spacial score (nSPS) is 11.8. The third kappa shape index (κ3) is 1.96. The number of halogens is 3. The van der Waals surface area contributed by atoms with Gasteiger partial charge in [-0.15, -0.1) is 0 Å². The summed E-state index contributed by atoms with van der Waals surface area (Å²) in [6.07, 6.45) is -3.66. The molecule has 2 rings (SSSR count). The van der Waals surface area contributed by atoms with Crippen LogP contribution in [0.5, 0.6) is 0 Å². The first-order chi connectivity index (χ1) is 8.30. The van der Waals surface area contributed by atoms with Gasteiger partial charge in [0.25, 0.3) is 0 Å². The number of nitrogens with zero attached hydrogens (tertiary/aromatic N) is 1. The van der Waals surface area contributed by atoms with Gasteiger partial charge in [0.1, 0.15) is 5.76 Å². The molecule has 0 aliphatic carbocycles. The molecule has 18 heavy (non-hydrogen) atoms. The van der Waals surface area contributed by atoms with Gasteiger partial charge in [-0.25, -0.2) is 9.78 Å². The highest BCUT2D eigenvalue weighted by Gasteiger charge is 2.41. The van der Waals surface area contributed by atoms with E-state index in [9.17, 15) is 18.0 Å². The molecule has 0 saturated carbocycles. The first kappa shape index (κ1) is 12.2. The fourth-order valence-corrected chi connectivity index (χ4v) is 1.38.